The van der Waals surface area contributed by atoms with Gasteiger partial charge >= 0.3 is 0 Å². The summed E-state index contributed by atoms with van der Waals surface area (Å²) in [5.74, 6) is 0. The molecule has 0 unspecified atom stereocenters. The minimum absolute atomic E-state index is 0.800. The molecule has 17 heavy (non-hydrogen) atoms. The molecule has 0 saturated heterocycles. The molecule has 1 aliphatic carbocycles. The topological polar surface area (TPSA) is 24.9 Å². The molecule has 2 aromatic rings. The number of hydrogen-bond donors (Lipinski definition) is 1. The van der Waals surface area contributed by atoms with Gasteiger partial charge in [-0.15, -0.1) is 11.3 Å². The highest BCUT2D eigenvalue weighted by atomic mass is 32.1. The van der Waals surface area contributed by atoms with E-state index in [0.29, 0.717) is 0 Å². The minimum atomic E-state index is 0.800. The van der Waals surface area contributed by atoms with Crippen LogP contribution in [0.2, 0.25) is 0 Å². The van der Waals surface area contributed by atoms with Gasteiger partial charge in [-0.05, 0) is 49.9 Å². The molecule has 2 nitrogen and oxygen atoms in total. The van der Waals surface area contributed by atoms with E-state index in [1.165, 1.54) is 39.2 Å². The van der Waals surface area contributed by atoms with Crippen LogP contribution in [0.3, 0.4) is 0 Å². The van der Waals surface area contributed by atoms with Gasteiger partial charge < -0.3 is 5.32 Å². The molecule has 1 saturated carbocycles. The Morgan fingerprint density at radius 3 is 2.82 bits per heavy atom. The van der Waals surface area contributed by atoms with E-state index in [4.69, 9.17) is 4.98 Å². The van der Waals surface area contributed by atoms with E-state index in [9.17, 15) is 0 Å². The number of rotatable bonds is 4. The fraction of sp³-hybridized carbons (Fsp3) is 0.500. The summed E-state index contributed by atoms with van der Waals surface area (Å²) < 4.78 is 1.33. The Bertz CT molecular complexity index is 501. The Hall–Kier alpha value is -0.930. The van der Waals surface area contributed by atoms with Gasteiger partial charge in [0.2, 0.25) is 0 Å². The summed E-state index contributed by atoms with van der Waals surface area (Å²) in [6.45, 7) is 5.40. The van der Waals surface area contributed by atoms with E-state index in [1.807, 2.05) is 11.3 Å². The summed E-state index contributed by atoms with van der Waals surface area (Å²) in [4.78, 5) is 4.71. The summed E-state index contributed by atoms with van der Waals surface area (Å²) >= 11 is 1.84. The van der Waals surface area contributed by atoms with E-state index >= 15 is 0 Å². The highest BCUT2D eigenvalue weighted by molar-refractivity contribution is 7.18. The van der Waals surface area contributed by atoms with Gasteiger partial charge in [-0.2, -0.15) is 0 Å². The molecule has 0 aliphatic heterocycles. The highest BCUT2D eigenvalue weighted by Gasteiger charge is 2.19. The lowest BCUT2D eigenvalue weighted by atomic mass is 10.1. The molecule has 0 atom stereocenters. The third kappa shape index (κ3) is 2.50. The van der Waals surface area contributed by atoms with Crippen LogP contribution in [0.5, 0.6) is 0 Å². The van der Waals surface area contributed by atoms with Crippen LogP contribution in [0.1, 0.15) is 29.0 Å². The number of nitrogens with one attached hydrogen (secondary N) is 1. The van der Waals surface area contributed by atoms with Gasteiger partial charge in [0.25, 0.3) is 0 Å². The summed E-state index contributed by atoms with van der Waals surface area (Å²) in [6, 6.07) is 5.27. The van der Waals surface area contributed by atoms with E-state index in [1.54, 1.807) is 0 Å². The van der Waals surface area contributed by atoms with Crippen LogP contribution in [-0.2, 0) is 6.42 Å². The molecular weight excluding hydrogens is 228 g/mol. The maximum absolute atomic E-state index is 4.71. The number of aromatic nitrogens is 1. The second kappa shape index (κ2) is 4.39. The van der Waals surface area contributed by atoms with Gasteiger partial charge in [-0.1, -0.05) is 0 Å². The van der Waals surface area contributed by atoms with Gasteiger partial charge in [0, 0.05) is 19.0 Å². The molecule has 1 aromatic carbocycles. The smallest absolute Gasteiger partial charge is 0.0951 e. The van der Waals surface area contributed by atoms with E-state index < -0.39 is 0 Å². The van der Waals surface area contributed by atoms with Crippen molar-refractivity contribution in [2.24, 2.45) is 0 Å². The van der Waals surface area contributed by atoms with Gasteiger partial charge in [0.05, 0.1) is 15.2 Å². The van der Waals surface area contributed by atoms with Crippen LogP contribution in [0.15, 0.2) is 12.1 Å². The Kier molecular flexibility index (Phi) is 2.89. The Morgan fingerprint density at radius 2 is 2.06 bits per heavy atom. The van der Waals surface area contributed by atoms with Crippen LogP contribution in [0.4, 0.5) is 0 Å². The first kappa shape index (κ1) is 11.2. The number of aryl methyl sites for hydroxylation is 2. The zero-order valence-electron chi connectivity index (χ0n) is 10.4. The largest absolute Gasteiger partial charge is 0.314 e. The SMILES string of the molecule is Cc1cc2nc(CCNC3CC3)sc2cc1C. The first-order chi connectivity index (χ1) is 8.22. The average molecular weight is 246 g/mol. The fourth-order valence-electron chi connectivity index (χ4n) is 2.01. The highest BCUT2D eigenvalue weighted by Crippen LogP contribution is 2.25. The van der Waals surface area contributed by atoms with Crippen molar-refractivity contribution in [1.82, 2.24) is 10.3 Å². The summed E-state index contributed by atoms with van der Waals surface area (Å²) in [6.07, 6.45) is 3.78. The summed E-state index contributed by atoms with van der Waals surface area (Å²) in [7, 11) is 0. The van der Waals surface area contributed by atoms with E-state index in [2.05, 4.69) is 31.3 Å². The Morgan fingerprint density at radius 1 is 1.29 bits per heavy atom. The summed E-state index contributed by atoms with van der Waals surface area (Å²) in [5, 5.41) is 4.80. The lowest BCUT2D eigenvalue weighted by molar-refractivity contribution is 0.681. The van der Waals surface area contributed by atoms with Crippen LogP contribution < -0.4 is 5.32 Å². The molecule has 0 bridgehead atoms. The number of benzene rings is 1. The van der Waals surface area contributed by atoms with Crippen molar-refractivity contribution in [3.05, 3.63) is 28.3 Å². The molecule has 1 N–H and O–H groups in total. The second-order valence-corrected chi connectivity index (χ2v) is 6.11. The maximum atomic E-state index is 4.71. The van der Waals surface area contributed by atoms with Gasteiger partial charge in [0.15, 0.2) is 0 Å². The standard InChI is InChI=1S/C14H18N2S/c1-9-7-12-13(8-10(9)2)17-14(16-12)5-6-15-11-3-4-11/h7-8,11,15H,3-6H2,1-2H3. The molecule has 1 aliphatic rings. The van der Waals surface area contributed by atoms with Crippen LogP contribution in [-0.4, -0.2) is 17.6 Å². The van der Waals surface area contributed by atoms with Crippen molar-refractivity contribution in [3.8, 4) is 0 Å². The molecule has 1 heterocycles. The maximum Gasteiger partial charge on any atom is 0.0951 e. The number of hydrogen-bond acceptors (Lipinski definition) is 3. The van der Waals surface area contributed by atoms with E-state index in [-0.39, 0.29) is 0 Å². The zero-order chi connectivity index (χ0) is 11.8. The predicted octanol–water partition coefficient (Wildman–Crippen LogP) is 3.21. The summed E-state index contributed by atoms with van der Waals surface area (Å²) in [5.41, 5.74) is 3.87. The molecule has 0 amide bonds. The van der Waals surface area contributed by atoms with Gasteiger partial charge in [0.1, 0.15) is 0 Å². The van der Waals surface area contributed by atoms with Crippen molar-refractivity contribution in [3.63, 3.8) is 0 Å². The van der Waals surface area contributed by atoms with Crippen LogP contribution in [0, 0.1) is 13.8 Å². The first-order valence-corrected chi connectivity index (χ1v) is 7.14. The number of fused-ring (bicyclic) bond motifs is 1. The monoisotopic (exact) mass is 246 g/mol. The quantitative estimate of drug-likeness (QED) is 0.896. The molecule has 3 rings (SSSR count). The normalized spacial score (nSPS) is 15.6. The molecular formula is C14H18N2S. The third-order valence-electron chi connectivity index (χ3n) is 3.40. The second-order valence-electron chi connectivity index (χ2n) is 4.99. The van der Waals surface area contributed by atoms with Crippen molar-refractivity contribution in [1.29, 1.82) is 0 Å². The lowest BCUT2D eigenvalue weighted by Gasteiger charge is -1.98. The minimum Gasteiger partial charge on any atom is -0.314 e. The average Bonchev–Trinajstić information content (AvgIpc) is 3.02. The lowest BCUT2D eigenvalue weighted by Crippen LogP contribution is -2.19. The van der Waals surface area contributed by atoms with Crippen LogP contribution in [0.25, 0.3) is 10.2 Å². The number of thiazole rings is 1. The van der Waals surface area contributed by atoms with Crippen molar-refractivity contribution in [2.75, 3.05) is 6.54 Å². The zero-order valence-corrected chi connectivity index (χ0v) is 11.2. The van der Waals surface area contributed by atoms with Crippen molar-refractivity contribution >= 4 is 21.6 Å². The van der Waals surface area contributed by atoms with Gasteiger partial charge in [-0.25, -0.2) is 4.98 Å². The molecule has 3 heteroatoms. The fourth-order valence-corrected chi connectivity index (χ4v) is 3.05. The van der Waals surface area contributed by atoms with Crippen LogP contribution >= 0.6 is 11.3 Å². The molecule has 1 fully saturated rings. The molecule has 0 radical (unpaired) electrons. The van der Waals surface area contributed by atoms with Gasteiger partial charge in [-0.3, -0.25) is 0 Å². The Balaban J connectivity index is 1.75. The number of nitrogens with zero attached hydrogens (tertiary/aromatic N) is 1. The first-order valence-electron chi connectivity index (χ1n) is 6.32. The van der Waals surface area contributed by atoms with Crippen molar-refractivity contribution in [2.45, 2.75) is 39.2 Å². The Labute approximate surface area is 106 Å². The third-order valence-corrected chi connectivity index (χ3v) is 4.48. The van der Waals surface area contributed by atoms with Crippen molar-refractivity contribution < 1.29 is 0 Å². The predicted molar refractivity (Wildman–Crippen MR) is 73.8 cm³/mol. The molecule has 0 spiro atoms. The van der Waals surface area contributed by atoms with E-state index in [0.717, 1.165) is 19.0 Å². The molecule has 90 valence electrons. The molecule has 1 aromatic heterocycles.